The predicted octanol–water partition coefficient (Wildman–Crippen LogP) is 1.94. The van der Waals surface area contributed by atoms with Crippen molar-refractivity contribution in [2.24, 2.45) is 0 Å². The minimum Gasteiger partial charge on any atom is -0.311 e. The van der Waals surface area contributed by atoms with E-state index in [9.17, 15) is 19.3 Å². The fraction of sp³-hybridized carbons (Fsp3) is 0.0833. The molecule has 5 nitrogen and oxygen atoms in total. The molecular weight excluding hydrogens is 239 g/mol. The highest BCUT2D eigenvalue weighted by Crippen LogP contribution is 2.18. The molecule has 0 aliphatic heterocycles. The molecule has 0 radical (unpaired) electrons. The Morgan fingerprint density at radius 1 is 1.28 bits per heavy atom. The van der Waals surface area contributed by atoms with Crippen LogP contribution in [0.3, 0.4) is 0 Å². The van der Waals surface area contributed by atoms with E-state index < -0.39 is 16.4 Å². The maximum atomic E-state index is 13.4. The van der Waals surface area contributed by atoms with Crippen molar-refractivity contribution in [1.82, 2.24) is 4.57 Å². The molecule has 0 saturated carbocycles. The van der Waals surface area contributed by atoms with Crippen molar-refractivity contribution in [3.63, 3.8) is 0 Å². The van der Waals surface area contributed by atoms with Crippen LogP contribution in [0.4, 0.5) is 10.1 Å². The minimum atomic E-state index is -0.901. The quantitative estimate of drug-likeness (QED) is 0.616. The second kappa shape index (κ2) is 4.79. The van der Waals surface area contributed by atoms with E-state index >= 15 is 0 Å². The first-order valence-corrected chi connectivity index (χ1v) is 5.16. The van der Waals surface area contributed by atoms with Gasteiger partial charge in [0.25, 0.3) is 5.56 Å². The summed E-state index contributed by atoms with van der Waals surface area (Å²) >= 11 is 0. The van der Waals surface area contributed by atoms with E-state index in [1.165, 1.54) is 16.7 Å². The predicted molar refractivity (Wildman–Crippen MR) is 62.9 cm³/mol. The summed E-state index contributed by atoms with van der Waals surface area (Å²) in [4.78, 5) is 21.1. The number of benzene rings is 1. The number of nitro groups is 1. The Balaban J connectivity index is 2.31. The van der Waals surface area contributed by atoms with Crippen molar-refractivity contribution in [3.8, 4) is 0 Å². The zero-order valence-electron chi connectivity index (χ0n) is 9.25. The molecule has 0 unspecified atom stereocenters. The van der Waals surface area contributed by atoms with Crippen molar-refractivity contribution in [3.05, 3.63) is 74.4 Å². The van der Waals surface area contributed by atoms with Crippen molar-refractivity contribution < 1.29 is 9.31 Å². The number of nitro benzene ring substituents is 1. The lowest BCUT2D eigenvalue weighted by atomic mass is 10.2. The standard InChI is InChI=1S/C12H9FN2O3/c13-10-7-9(4-5-11(10)15(17)18)8-14-6-2-1-3-12(14)16/h1-7H,8H2. The Bertz CT molecular complexity index is 652. The van der Waals surface area contributed by atoms with Gasteiger partial charge in [0.05, 0.1) is 11.5 Å². The van der Waals surface area contributed by atoms with Crippen LogP contribution < -0.4 is 5.56 Å². The van der Waals surface area contributed by atoms with E-state index in [4.69, 9.17) is 0 Å². The molecule has 18 heavy (non-hydrogen) atoms. The van der Waals surface area contributed by atoms with Crippen molar-refractivity contribution in [1.29, 1.82) is 0 Å². The largest absolute Gasteiger partial charge is 0.311 e. The third kappa shape index (κ3) is 2.42. The molecule has 0 spiro atoms. The molecule has 92 valence electrons. The molecule has 1 aromatic carbocycles. The van der Waals surface area contributed by atoms with Crippen LogP contribution in [0, 0.1) is 15.9 Å². The number of halogens is 1. The number of pyridine rings is 1. The van der Waals surface area contributed by atoms with Crippen LogP contribution >= 0.6 is 0 Å². The Labute approximate surface area is 101 Å². The molecule has 0 aliphatic rings. The van der Waals surface area contributed by atoms with Crippen molar-refractivity contribution >= 4 is 5.69 Å². The molecule has 0 fully saturated rings. The van der Waals surface area contributed by atoms with Crippen LogP contribution in [-0.2, 0) is 6.54 Å². The molecule has 6 heteroatoms. The number of hydrogen-bond donors (Lipinski definition) is 0. The monoisotopic (exact) mass is 248 g/mol. The van der Waals surface area contributed by atoms with E-state index in [1.54, 1.807) is 18.3 Å². The fourth-order valence-electron chi connectivity index (χ4n) is 1.58. The molecule has 2 aromatic rings. The highest BCUT2D eigenvalue weighted by atomic mass is 19.1. The summed E-state index contributed by atoms with van der Waals surface area (Å²) in [6.07, 6.45) is 1.57. The van der Waals surface area contributed by atoms with E-state index in [0.717, 1.165) is 12.1 Å². The van der Waals surface area contributed by atoms with Gasteiger partial charge in [0.15, 0.2) is 0 Å². The molecular formula is C12H9FN2O3. The maximum Gasteiger partial charge on any atom is 0.304 e. The lowest BCUT2D eigenvalue weighted by Crippen LogP contribution is -2.18. The van der Waals surface area contributed by atoms with E-state index in [1.807, 2.05) is 0 Å². The summed E-state index contributed by atoms with van der Waals surface area (Å²) < 4.78 is 14.8. The number of rotatable bonds is 3. The van der Waals surface area contributed by atoms with Gasteiger partial charge < -0.3 is 4.57 Å². The van der Waals surface area contributed by atoms with Gasteiger partial charge in [0.2, 0.25) is 5.82 Å². The molecule has 1 heterocycles. The lowest BCUT2D eigenvalue weighted by Gasteiger charge is -2.05. The third-order valence-corrected chi connectivity index (χ3v) is 2.46. The number of nitrogens with zero attached hydrogens (tertiary/aromatic N) is 2. The van der Waals surface area contributed by atoms with Crippen LogP contribution in [0.15, 0.2) is 47.4 Å². The average Bonchev–Trinajstić information content (AvgIpc) is 2.32. The average molecular weight is 248 g/mol. The van der Waals surface area contributed by atoms with Gasteiger partial charge in [-0.05, 0) is 17.7 Å². The molecule has 0 amide bonds. The summed E-state index contributed by atoms with van der Waals surface area (Å²) in [5.41, 5.74) is -0.290. The highest BCUT2D eigenvalue weighted by Gasteiger charge is 2.13. The van der Waals surface area contributed by atoms with Crippen molar-refractivity contribution in [2.75, 3.05) is 0 Å². The van der Waals surface area contributed by atoms with Crippen LogP contribution in [-0.4, -0.2) is 9.49 Å². The summed E-state index contributed by atoms with van der Waals surface area (Å²) in [6, 6.07) is 8.27. The van der Waals surface area contributed by atoms with Gasteiger partial charge in [0.1, 0.15) is 0 Å². The van der Waals surface area contributed by atoms with Gasteiger partial charge in [-0.3, -0.25) is 14.9 Å². The molecule has 0 bridgehead atoms. The smallest absolute Gasteiger partial charge is 0.304 e. The summed E-state index contributed by atoms with van der Waals surface area (Å²) in [6.45, 7) is 0.175. The second-order valence-corrected chi connectivity index (χ2v) is 3.71. The first kappa shape index (κ1) is 12.0. The van der Waals surface area contributed by atoms with Gasteiger partial charge >= 0.3 is 5.69 Å². The minimum absolute atomic E-state index is 0.175. The van der Waals surface area contributed by atoms with Crippen LogP contribution in [0.5, 0.6) is 0 Å². The van der Waals surface area contributed by atoms with Gasteiger partial charge in [-0.15, -0.1) is 0 Å². The second-order valence-electron chi connectivity index (χ2n) is 3.71. The molecule has 1 aromatic heterocycles. The molecule has 0 N–H and O–H groups in total. The van der Waals surface area contributed by atoms with E-state index in [-0.39, 0.29) is 12.1 Å². The Kier molecular flexibility index (Phi) is 3.18. The fourth-order valence-corrected chi connectivity index (χ4v) is 1.58. The molecule has 0 aliphatic carbocycles. The molecule has 0 atom stereocenters. The highest BCUT2D eigenvalue weighted by molar-refractivity contribution is 5.35. The first-order valence-electron chi connectivity index (χ1n) is 5.16. The topological polar surface area (TPSA) is 65.1 Å². The normalized spacial score (nSPS) is 10.3. The Hall–Kier alpha value is -2.50. The van der Waals surface area contributed by atoms with Gasteiger partial charge in [0, 0.05) is 18.3 Å². The van der Waals surface area contributed by atoms with Gasteiger partial charge in [-0.1, -0.05) is 12.1 Å². The van der Waals surface area contributed by atoms with E-state index in [0.29, 0.717) is 5.56 Å². The maximum absolute atomic E-state index is 13.4. The van der Waals surface area contributed by atoms with Crippen LogP contribution in [0.2, 0.25) is 0 Å². The zero-order valence-corrected chi connectivity index (χ0v) is 9.25. The molecule has 0 saturated heterocycles. The first-order chi connectivity index (χ1) is 8.58. The number of aromatic nitrogens is 1. The third-order valence-electron chi connectivity index (χ3n) is 2.46. The van der Waals surface area contributed by atoms with Crippen molar-refractivity contribution in [2.45, 2.75) is 6.54 Å². The zero-order chi connectivity index (χ0) is 13.1. The summed E-state index contributed by atoms with van der Waals surface area (Å²) in [7, 11) is 0. The van der Waals surface area contributed by atoms with Crippen LogP contribution in [0.25, 0.3) is 0 Å². The van der Waals surface area contributed by atoms with Gasteiger partial charge in [-0.2, -0.15) is 4.39 Å². The molecule has 2 rings (SSSR count). The summed E-state index contributed by atoms with van der Waals surface area (Å²) in [5.74, 6) is -0.901. The Morgan fingerprint density at radius 2 is 2.06 bits per heavy atom. The van der Waals surface area contributed by atoms with Gasteiger partial charge in [-0.25, -0.2) is 0 Å². The van der Waals surface area contributed by atoms with E-state index in [2.05, 4.69) is 0 Å². The summed E-state index contributed by atoms with van der Waals surface area (Å²) in [5, 5.41) is 10.5. The SMILES string of the molecule is O=c1ccccn1Cc1ccc([N+](=O)[O-])c(F)c1. The lowest BCUT2D eigenvalue weighted by molar-refractivity contribution is -0.387. The van der Waals surface area contributed by atoms with Crippen LogP contribution in [0.1, 0.15) is 5.56 Å². The number of hydrogen-bond acceptors (Lipinski definition) is 3. The Morgan fingerprint density at radius 3 is 2.67 bits per heavy atom.